The van der Waals surface area contributed by atoms with E-state index >= 15 is 0 Å². The van der Waals surface area contributed by atoms with E-state index in [1.165, 1.54) is 0 Å². The molecule has 0 radical (unpaired) electrons. The number of imidazole rings is 1. The molecule has 2 rings (SSSR count). The molecule has 2 heterocycles. The number of nitrogens with one attached hydrogen (secondary N) is 1. The molecule has 2 atom stereocenters. The summed E-state index contributed by atoms with van der Waals surface area (Å²) in [6, 6.07) is -1.49. The number of aromatic nitrogens is 2. The standard InChI is InChI=1S/C13H20F3N3/c1-2-7-19-8-6-17-12(19)9-10-4-3-5-11(18-10)13(14,15)16/h6,8,10-11,18H,2-5,7,9H2,1H3. The van der Waals surface area contributed by atoms with E-state index in [1.54, 1.807) is 6.20 Å². The second kappa shape index (κ2) is 5.94. The number of rotatable bonds is 4. The van der Waals surface area contributed by atoms with Crippen molar-refractivity contribution in [1.29, 1.82) is 0 Å². The van der Waals surface area contributed by atoms with E-state index in [-0.39, 0.29) is 12.5 Å². The molecule has 0 bridgehead atoms. The first-order valence-corrected chi connectivity index (χ1v) is 6.83. The molecule has 0 saturated carbocycles. The first-order valence-electron chi connectivity index (χ1n) is 6.83. The second-order valence-corrected chi connectivity index (χ2v) is 5.13. The van der Waals surface area contributed by atoms with Crippen molar-refractivity contribution in [3.05, 3.63) is 18.2 Å². The van der Waals surface area contributed by atoms with Crippen LogP contribution < -0.4 is 5.32 Å². The van der Waals surface area contributed by atoms with Crippen molar-refractivity contribution in [3.8, 4) is 0 Å². The van der Waals surface area contributed by atoms with Gasteiger partial charge in [0.25, 0.3) is 0 Å². The average Bonchev–Trinajstić information content (AvgIpc) is 2.77. The Morgan fingerprint density at radius 1 is 1.42 bits per heavy atom. The molecular formula is C13H20F3N3. The first kappa shape index (κ1) is 14.4. The van der Waals surface area contributed by atoms with E-state index < -0.39 is 12.2 Å². The van der Waals surface area contributed by atoms with Gasteiger partial charge in [0.15, 0.2) is 0 Å². The van der Waals surface area contributed by atoms with Gasteiger partial charge in [-0.1, -0.05) is 6.92 Å². The molecule has 0 aromatic carbocycles. The molecule has 1 N–H and O–H groups in total. The normalized spacial score (nSPS) is 24.6. The van der Waals surface area contributed by atoms with Crippen LogP contribution in [0.5, 0.6) is 0 Å². The summed E-state index contributed by atoms with van der Waals surface area (Å²) in [6.45, 7) is 2.94. The van der Waals surface area contributed by atoms with Gasteiger partial charge in [-0.2, -0.15) is 13.2 Å². The number of hydrogen-bond acceptors (Lipinski definition) is 2. The fourth-order valence-corrected chi connectivity index (χ4v) is 2.63. The third-order valence-electron chi connectivity index (χ3n) is 3.57. The molecule has 1 fully saturated rings. The predicted molar refractivity (Wildman–Crippen MR) is 66.8 cm³/mol. The summed E-state index contributed by atoms with van der Waals surface area (Å²) < 4.78 is 40.2. The quantitative estimate of drug-likeness (QED) is 0.915. The summed E-state index contributed by atoms with van der Waals surface area (Å²) in [5.74, 6) is 0.877. The Kier molecular flexibility index (Phi) is 4.50. The predicted octanol–water partition coefficient (Wildman–Crippen LogP) is 2.91. The topological polar surface area (TPSA) is 29.9 Å². The first-order chi connectivity index (χ1) is 9.00. The Balaban J connectivity index is 1.97. The van der Waals surface area contributed by atoms with Crippen molar-refractivity contribution in [1.82, 2.24) is 14.9 Å². The van der Waals surface area contributed by atoms with Crippen LogP contribution in [-0.2, 0) is 13.0 Å². The molecule has 0 aliphatic carbocycles. The van der Waals surface area contributed by atoms with Crippen molar-refractivity contribution < 1.29 is 13.2 Å². The molecule has 6 heteroatoms. The molecule has 0 spiro atoms. The number of hydrogen-bond donors (Lipinski definition) is 1. The highest BCUT2D eigenvalue weighted by molar-refractivity contribution is 4.98. The van der Waals surface area contributed by atoms with Crippen LogP contribution in [0.15, 0.2) is 12.4 Å². The lowest BCUT2D eigenvalue weighted by Crippen LogP contribution is -2.51. The fourth-order valence-electron chi connectivity index (χ4n) is 2.63. The molecule has 1 aliphatic heterocycles. The molecule has 1 saturated heterocycles. The van der Waals surface area contributed by atoms with E-state index in [9.17, 15) is 13.2 Å². The minimum absolute atomic E-state index is 0.126. The van der Waals surface area contributed by atoms with Gasteiger partial charge in [0.05, 0.1) is 0 Å². The average molecular weight is 275 g/mol. The smallest absolute Gasteiger partial charge is 0.335 e. The zero-order chi connectivity index (χ0) is 13.9. The highest BCUT2D eigenvalue weighted by atomic mass is 19.4. The van der Waals surface area contributed by atoms with Crippen LogP contribution in [0.25, 0.3) is 0 Å². The molecule has 1 aromatic rings. The SMILES string of the molecule is CCCn1ccnc1CC1CCCC(C(F)(F)F)N1. The Bertz CT molecular complexity index is 400. The number of piperidine rings is 1. The summed E-state index contributed by atoms with van der Waals surface area (Å²) >= 11 is 0. The molecule has 3 nitrogen and oxygen atoms in total. The van der Waals surface area contributed by atoms with Crippen molar-refractivity contribution in [3.63, 3.8) is 0 Å². The highest BCUT2D eigenvalue weighted by Gasteiger charge is 2.42. The summed E-state index contributed by atoms with van der Waals surface area (Å²) in [5.41, 5.74) is 0. The van der Waals surface area contributed by atoms with Crippen molar-refractivity contribution in [2.45, 2.75) is 63.8 Å². The summed E-state index contributed by atoms with van der Waals surface area (Å²) in [7, 11) is 0. The van der Waals surface area contributed by atoms with Crippen LogP contribution in [0.4, 0.5) is 13.2 Å². The van der Waals surface area contributed by atoms with Gasteiger partial charge in [0.1, 0.15) is 11.9 Å². The minimum Gasteiger partial charge on any atom is -0.335 e. The Morgan fingerprint density at radius 2 is 2.21 bits per heavy atom. The Morgan fingerprint density at radius 3 is 2.89 bits per heavy atom. The van der Waals surface area contributed by atoms with Gasteiger partial charge in [-0.15, -0.1) is 0 Å². The van der Waals surface area contributed by atoms with Crippen LogP contribution in [0.1, 0.15) is 38.4 Å². The van der Waals surface area contributed by atoms with Gasteiger partial charge in [-0.05, 0) is 25.7 Å². The van der Waals surface area contributed by atoms with Crippen LogP contribution in [0.3, 0.4) is 0 Å². The van der Waals surface area contributed by atoms with Crippen LogP contribution in [0.2, 0.25) is 0 Å². The number of nitrogens with zero attached hydrogens (tertiary/aromatic N) is 2. The van der Waals surface area contributed by atoms with Crippen LogP contribution in [-0.4, -0.2) is 27.8 Å². The zero-order valence-corrected chi connectivity index (χ0v) is 11.1. The number of aryl methyl sites for hydroxylation is 1. The maximum absolute atomic E-state index is 12.7. The van der Waals surface area contributed by atoms with Gasteiger partial charge >= 0.3 is 6.18 Å². The van der Waals surface area contributed by atoms with Gasteiger partial charge in [0, 0.05) is 31.4 Å². The van der Waals surface area contributed by atoms with E-state index in [4.69, 9.17) is 0 Å². The lowest BCUT2D eigenvalue weighted by molar-refractivity contribution is -0.163. The van der Waals surface area contributed by atoms with E-state index in [0.717, 1.165) is 25.2 Å². The number of alkyl halides is 3. The van der Waals surface area contributed by atoms with E-state index in [2.05, 4.69) is 17.2 Å². The monoisotopic (exact) mass is 275 g/mol. The lowest BCUT2D eigenvalue weighted by atomic mass is 9.96. The Labute approximate surface area is 111 Å². The maximum Gasteiger partial charge on any atom is 0.403 e. The van der Waals surface area contributed by atoms with Gasteiger partial charge in [0.2, 0.25) is 0 Å². The van der Waals surface area contributed by atoms with E-state index in [0.29, 0.717) is 12.8 Å². The molecule has 1 aromatic heterocycles. The van der Waals surface area contributed by atoms with Gasteiger partial charge < -0.3 is 9.88 Å². The van der Waals surface area contributed by atoms with Crippen LogP contribution >= 0.6 is 0 Å². The molecule has 2 unspecified atom stereocenters. The van der Waals surface area contributed by atoms with Crippen molar-refractivity contribution in [2.24, 2.45) is 0 Å². The summed E-state index contributed by atoms with van der Waals surface area (Å²) in [5, 5.41) is 2.72. The number of halogens is 3. The third kappa shape index (κ3) is 3.72. The van der Waals surface area contributed by atoms with Gasteiger partial charge in [-0.3, -0.25) is 0 Å². The lowest BCUT2D eigenvalue weighted by Gasteiger charge is -2.32. The summed E-state index contributed by atoms with van der Waals surface area (Å²) in [4.78, 5) is 4.26. The summed E-state index contributed by atoms with van der Waals surface area (Å²) in [6.07, 6.45) is 2.62. The Hall–Kier alpha value is -1.04. The molecule has 108 valence electrons. The fraction of sp³-hybridized carbons (Fsp3) is 0.769. The van der Waals surface area contributed by atoms with Gasteiger partial charge in [-0.25, -0.2) is 4.98 Å². The zero-order valence-electron chi connectivity index (χ0n) is 11.1. The van der Waals surface area contributed by atoms with E-state index in [1.807, 2.05) is 10.8 Å². The maximum atomic E-state index is 12.7. The largest absolute Gasteiger partial charge is 0.403 e. The minimum atomic E-state index is -4.14. The highest BCUT2D eigenvalue weighted by Crippen LogP contribution is 2.28. The molecular weight excluding hydrogens is 255 g/mol. The molecule has 1 aliphatic rings. The molecule has 19 heavy (non-hydrogen) atoms. The second-order valence-electron chi connectivity index (χ2n) is 5.13. The van der Waals surface area contributed by atoms with Crippen molar-refractivity contribution in [2.75, 3.05) is 0 Å². The van der Waals surface area contributed by atoms with Crippen LogP contribution in [0, 0.1) is 0 Å². The van der Waals surface area contributed by atoms with Crippen molar-refractivity contribution >= 4 is 0 Å². The third-order valence-corrected chi connectivity index (χ3v) is 3.57. The molecule has 0 amide bonds.